The molecule has 1 heterocycles. The van der Waals surface area contributed by atoms with E-state index in [1.807, 2.05) is 0 Å². The summed E-state index contributed by atoms with van der Waals surface area (Å²) in [6.07, 6.45) is 5.40. The van der Waals surface area contributed by atoms with Gasteiger partial charge in [-0.2, -0.15) is 0 Å². The van der Waals surface area contributed by atoms with Crippen LogP contribution >= 0.6 is 0 Å². The molecule has 3 unspecified atom stereocenters. The molecule has 0 saturated carbocycles. The monoisotopic (exact) mass is 304 g/mol. The molecule has 0 bridgehead atoms. The molecule has 1 saturated heterocycles. The van der Waals surface area contributed by atoms with Crippen LogP contribution in [0.25, 0.3) is 0 Å². The van der Waals surface area contributed by atoms with Crippen molar-refractivity contribution in [3.63, 3.8) is 0 Å². The van der Waals surface area contributed by atoms with Crippen molar-refractivity contribution in [2.45, 2.75) is 76.4 Å². The normalized spacial score (nSPS) is 31.2. The van der Waals surface area contributed by atoms with Gasteiger partial charge >= 0.3 is 8.56 Å². The molecular formula is C15H32O4Si. The maximum absolute atomic E-state index is 6.31. The summed E-state index contributed by atoms with van der Waals surface area (Å²) < 4.78 is 24.3. The lowest BCUT2D eigenvalue weighted by Gasteiger charge is -2.52. The van der Waals surface area contributed by atoms with Crippen LogP contribution in [0.4, 0.5) is 0 Å². The molecule has 5 heteroatoms. The Morgan fingerprint density at radius 1 is 1.20 bits per heavy atom. The second-order valence-corrected chi connectivity index (χ2v) is 9.41. The van der Waals surface area contributed by atoms with Gasteiger partial charge in [0.05, 0.1) is 12.2 Å². The van der Waals surface area contributed by atoms with Crippen molar-refractivity contribution in [1.82, 2.24) is 0 Å². The number of hydrogen-bond acceptors (Lipinski definition) is 4. The summed E-state index contributed by atoms with van der Waals surface area (Å²) in [5, 5.41) is -0.396. The zero-order valence-corrected chi connectivity index (χ0v) is 15.0. The van der Waals surface area contributed by atoms with Crippen molar-refractivity contribution in [3.05, 3.63) is 0 Å². The van der Waals surface area contributed by atoms with E-state index in [4.69, 9.17) is 18.3 Å². The Morgan fingerprint density at radius 3 is 2.30 bits per heavy atom. The Labute approximate surface area is 125 Å². The average molecular weight is 305 g/mol. The van der Waals surface area contributed by atoms with Crippen molar-refractivity contribution in [2.24, 2.45) is 0 Å². The van der Waals surface area contributed by atoms with Crippen LogP contribution in [-0.4, -0.2) is 47.3 Å². The predicted octanol–water partition coefficient (Wildman–Crippen LogP) is 3.42. The van der Waals surface area contributed by atoms with E-state index in [0.717, 1.165) is 38.1 Å². The molecule has 1 fully saturated rings. The minimum absolute atomic E-state index is 0.0720. The molecule has 0 radical (unpaired) electrons. The maximum Gasteiger partial charge on any atom is 0.373 e. The van der Waals surface area contributed by atoms with Crippen LogP contribution in [-0.2, 0) is 18.3 Å². The quantitative estimate of drug-likeness (QED) is 0.644. The fraction of sp³-hybridized carbons (Fsp3) is 1.00. The smallest absolute Gasteiger partial charge is 0.373 e. The summed E-state index contributed by atoms with van der Waals surface area (Å²) in [6.45, 7) is 6.46. The van der Waals surface area contributed by atoms with E-state index < -0.39 is 13.8 Å². The first-order valence-electron chi connectivity index (χ1n) is 7.86. The first kappa shape index (κ1) is 18.1. The number of rotatable bonds is 8. The number of methoxy groups -OCH3 is 1. The second-order valence-electron chi connectivity index (χ2n) is 5.74. The lowest BCUT2D eigenvalue weighted by molar-refractivity contribution is -0.142. The third kappa shape index (κ3) is 3.12. The van der Waals surface area contributed by atoms with Gasteiger partial charge in [0.25, 0.3) is 0 Å². The molecule has 120 valence electrons. The summed E-state index contributed by atoms with van der Waals surface area (Å²) in [5.74, 6) is 0. The second kappa shape index (κ2) is 7.89. The molecule has 0 N–H and O–H groups in total. The van der Waals surface area contributed by atoms with Crippen molar-refractivity contribution in [1.29, 1.82) is 0 Å². The minimum Gasteiger partial charge on any atom is -0.396 e. The minimum atomic E-state index is -2.42. The molecule has 4 nitrogen and oxygen atoms in total. The summed E-state index contributed by atoms with van der Waals surface area (Å²) >= 11 is 0. The maximum atomic E-state index is 6.31. The van der Waals surface area contributed by atoms with Crippen molar-refractivity contribution in [3.8, 4) is 0 Å². The summed E-state index contributed by atoms with van der Waals surface area (Å²) in [5.41, 5.74) is 0. The van der Waals surface area contributed by atoms with Crippen LogP contribution < -0.4 is 0 Å². The first-order valence-corrected chi connectivity index (χ1v) is 9.89. The van der Waals surface area contributed by atoms with Crippen LogP contribution in [0.1, 0.15) is 52.9 Å². The molecule has 0 aromatic carbocycles. The SMILES string of the molecule is CCCC1(OC)C(OC(C)CC)CCC[Si]1(OC)OC. The van der Waals surface area contributed by atoms with Gasteiger partial charge in [0.2, 0.25) is 0 Å². The van der Waals surface area contributed by atoms with Crippen LogP contribution in [0.2, 0.25) is 6.04 Å². The molecule has 0 aromatic heterocycles. The average Bonchev–Trinajstić information content (AvgIpc) is 2.48. The van der Waals surface area contributed by atoms with Gasteiger partial charge in [0.15, 0.2) is 0 Å². The molecule has 1 aliphatic heterocycles. The van der Waals surface area contributed by atoms with Gasteiger partial charge < -0.3 is 18.3 Å². The van der Waals surface area contributed by atoms with E-state index in [1.165, 1.54) is 0 Å². The van der Waals surface area contributed by atoms with E-state index in [2.05, 4.69) is 20.8 Å². The van der Waals surface area contributed by atoms with Gasteiger partial charge in [-0.3, -0.25) is 0 Å². The molecule has 20 heavy (non-hydrogen) atoms. The highest BCUT2D eigenvalue weighted by Gasteiger charge is 2.63. The molecule has 0 aromatic rings. The van der Waals surface area contributed by atoms with E-state index >= 15 is 0 Å². The summed E-state index contributed by atoms with van der Waals surface area (Å²) in [4.78, 5) is 0. The predicted molar refractivity (Wildman–Crippen MR) is 83.1 cm³/mol. The Morgan fingerprint density at radius 2 is 1.85 bits per heavy atom. The summed E-state index contributed by atoms with van der Waals surface area (Å²) in [7, 11) is 2.90. The van der Waals surface area contributed by atoms with Gasteiger partial charge in [-0.1, -0.05) is 20.3 Å². The van der Waals surface area contributed by atoms with Crippen LogP contribution in [0, 0.1) is 0 Å². The van der Waals surface area contributed by atoms with Gasteiger partial charge in [0.1, 0.15) is 5.22 Å². The highest BCUT2D eigenvalue weighted by atomic mass is 28.4. The Bertz CT molecular complexity index is 283. The fourth-order valence-electron chi connectivity index (χ4n) is 3.51. The van der Waals surface area contributed by atoms with Crippen LogP contribution in [0.15, 0.2) is 0 Å². The number of ether oxygens (including phenoxy) is 2. The van der Waals surface area contributed by atoms with Gasteiger partial charge in [0, 0.05) is 21.3 Å². The Kier molecular flexibility index (Phi) is 7.15. The highest BCUT2D eigenvalue weighted by Crippen LogP contribution is 2.44. The largest absolute Gasteiger partial charge is 0.396 e. The fourth-order valence-corrected chi connectivity index (χ4v) is 7.51. The van der Waals surface area contributed by atoms with Gasteiger partial charge in [-0.25, -0.2) is 0 Å². The van der Waals surface area contributed by atoms with Gasteiger partial charge in [-0.15, -0.1) is 0 Å². The third-order valence-corrected chi connectivity index (χ3v) is 9.15. The van der Waals surface area contributed by atoms with Crippen molar-refractivity contribution in [2.75, 3.05) is 21.3 Å². The van der Waals surface area contributed by atoms with E-state index in [-0.39, 0.29) is 12.2 Å². The van der Waals surface area contributed by atoms with Gasteiger partial charge in [-0.05, 0) is 38.7 Å². The molecule has 0 aliphatic carbocycles. The molecule has 0 amide bonds. The molecule has 0 spiro atoms. The number of hydrogen-bond donors (Lipinski definition) is 0. The highest BCUT2D eigenvalue weighted by molar-refractivity contribution is 6.71. The van der Waals surface area contributed by atoms with Crippen molar-refractivity contribution < 1.29 is 18.3 Å². The topological polar surface area (TPSA) is 36.9 Å². The van der Waals surface area contributed by atoms with E-state index in [9.17, 15) is 0 Å². The van der Waals surface area contributed by atoms with Crippen molar-refractivity contribution >= 4 is 8.56 Å². The molecular weight excluding hydrogens is 272 g/mol. The molecule has 1 rings (SSSR count). The standard InChI is InChI=1S/C15H32O4Si/c1-7-11-15(16-4)14(19-13(3)8-2)10-9-12-20(15,17-5)18-6/h13-14H,7-12H2,1-6H3. The lowest BCUT2D eigenvalue weighted by Crippen LogP contribution is -2.71. The summed E-state index contributed by atoms with van der Waals surface area (Å²) in [6, 6.07) is 0.980. The van der Waals surface area contributed by atoms with E-state index in [0.29, 0.717) is 0 Å². The zero-order valence-electron chi connectivity index (χ0n) is 14.0. The molecule has 1 aliphatic rings. The zero-order chi connectivity index (χ0) is 15.2. The van der Waals surface area contributed by atoms with E-state index in [1.54, 1.807) is 21.3 Å². The Hall–Kier alpha value is 0.0569. The molecule has 3 atom stereocenters. The lowest BCUT2D eigenvalue weighted by atomic mass is 10.0. The Balaban J connectivity index is 3.13. The van der Waals surface area contributed by atoms with Crippen LogP contribution in [0.3, 0.4) is 0 Å². The third-order valence-electron chi connectivity index (χ3n) is 4.75. The van der Waals surface area contributed by atoms with Crippen LogP contribution in [0.5, 0.6) is 0 Å². The first-order chi connectivity index (χ1) is 9.55.